The Balaban J connectivity index is 2.18. The first-order chi connectivity index (χ1) is 14.2. The molecule has 0 spiro atoms. The van der Waals surface area contributed by atoms with Crippen LogP contribution in [0.4, 0.5) is 4.79 Å². The Morgan fingerprint density at radius 2 is 1.60 bits per heavy atom. The van der Waals surface area contributed by atoms with E-state index in [1.165, 1.54) is 0 Å². The third kappa shape index (κ3) is 7.74. The van der Waals surface area contributed by atoms with Gasteiger partial charge in [-0.05, 0) is 57.7 Å². The zero-order valence-corrected chi connectivity index (χ0v) is 18.4. The summed E-state index contributed by atoms with van der Waals surface area (Å²) in [5.41, 5.74) is 3.13. The van der Waals surface area contributed by atoms with Crippen molar-refractivity contribution in [2.75, 3.05) is 6.61 Å². The molecule has 0 aromatic heterocycles. The molecule has 0 bridgehead atoms. The Bertz CT molecular complexity index is 864. The summed E-state index contributed by atoms with van der Waals surface area (Å²) in [6.07, 6.45) is 1.71. The van der Waals surface area contributed by atoms with Crippen LogP contribution in [0.15, 0.2) is 66.2 Å². The van der Waals surface area contributed by atoms with E-state index in [2.05, 4.69) is 29.6 Å². The second-order valence-corrected chi connectivity index (χ2v) is 8.09. The first-order valence-corrected chi connectivity index (χ1v) is 10.2. The van der Waals surface area contributed by atoms with E-state index in [1.807, 2.05) is 51.1 Å². The summed E-state index contributed by atoms with van der Waals surface area (Å²) in [6, 6.07) is 17.9. The van der Waals surface area contributed by atoms with Gasteiger partial charge in [-0.25, -0.2) is 9.59 Å². The summed E-state index contributed by atoms with van der Waals surface area (Å²) in [7, 11) is 0. The zero-order valence-electron chi connectivity index (χ0n) is 18.4. The molecule has 0 aliphatic carbocycles. The number of alkyl carbamates (subject to hydrolysis) is 1. The van der Waals surface area contributed by atoms with E-state index in [0.29, 0.717) is 18.6 Å². The molecule has 2 aromatic carbocycles. The van der Waals surface area contributed by atoms with Crippen LogP contribution in [-0.2, 0) is 20.7 Å². The third-order valence-electron chi connectivity index (χ3n) is 4.27. The van der Waals surface area contributed by atoms with Gasteiger partial charge in [0.2, 0.25) is 0 Å². The number of hydrogen-bond donors (Lipinski definition) is 1. The van der Waals surface area contributed by atoms with Crippen LogP contribution < -0.4 is 5.32 Å². The van der Waals surface area contributed by atoms with Crippen LogP contribution in [0.2, 0.25) is 0 Å². The molecule has 0 unspecified atom stereocenters. The number of esters is 1. The van der Waals surface area contributed by atoms with Crippen molar-refractivity contribution in [3.63, 3.8) is 0 Å². The van der Waals surface area contributed by atoms with Gasteiger partial charge >= 0.3 is 12.1 Å². The number of carbonyl (C=O) groups is 2. The average Bonchev–Trinajstić information content (AvgIpc) is 2.68. The number of carbonyl (C=O) groups excluding carboxylic acids is 2. The van der Waals surface area contributed by atoms with Gasteiger partial charge in [0.05, 0.1) is 12.6 Å². The molecule has 0 aliphatic rings. The first kappa shape index (κ1) is 23.2. The van der Waals surface area contributed by atoms with Crippen molar-refractivity contribution in [1.82, 2.24) is 5.32 Å². The molecule has 5 heteroatoms. The van der Waals surface area contributed by atoms with Crippen LogP contribution in [0, 0.1) is 0 Å². The normalized spacial score (nSPS) is 12.8. The van der Waals surface area contributed by atoms with Crippen LogP contribution in [0.3, 0.4) is 0 Å². The Morgan fingerprint density at radius 3 is 2.17 bits per heavy atom. The molecule has 1 N–H and O–H groups in total. The average molecular weight is 410 g/mol. The molecule has 30 heavy (non-hydrogen) atoms. The summed E-state index contributed by atoms with van der Waals surface area (Å²) in [5, 5.41) is 2.85. The van der Waals surface area contributed by atoms with Crippen molar-refractivity contribution in [3.8, 4) is 11.1 Å². The second-order valence-electron chi connectivity index (χ2n) is 8.09. The lowest BCUT2D eigenvalue weighted by atomic mass is 10.00. The Kier molecular flexibility index (Phi) is 8.22. The minimum absolute atomic E-state index is 0.301. The van der Waals surface area contributed by atoms with Gasteiger partial charge in [0, 0.05) is 5.57 Å². The van der Waals surface area contributed by atoms with E-state index >= 15 is 0 Å². The van der Waals surface area contributed by atoms with Crippen molar-refractivity contribution in [1.29, 1.82) is 0 Å². The molecule has 2 rings (SSSR count). The Labute approximate surface area is 179 Å². The molecule has 0 saturated carbocycles. The summed E-state index contributed by atoms with van der Waals surface area (Å²) in [5.74, 6) is -0.395. The maximum Gasteiger partial charge on any atom is 0.408 e. The second kappa shape index (κ2) is 10.6. The lowest BCUT2D eigenvalue weighted by Crippen LogP contribution is -2.39. The van der Waals surface area contributed by atoms with Crippen LogP contribution >= 0.6 is 0 Å². The smallest absolute Gasteiger partial charge is 0.408 e. The number of nitrogens with one attached hydrogen (secondary N) is 1. The third-order valence-corrected chi connectivity index (χ3v) is 4.27. The quantitative estimate of drug-likeness (QED) is 0.498. The molecule has 160 valence electrons. The highest BCUT2D eigenvalue weighted by Crippen LogP contribution is 2.20. The molecule has 0 fully saturated rings. The van der Waals surface area contributed by atoms with Gasteiger partial charge in [-0.1, -0.05) is 60.7 Å². The SMILES string of the molecule is CCOC(=O)/C(C)=C\[C@@H](Cc1ccc(-c2ccccc2)cc1)NC(=O)OC(C)(C)C. The zero-order chi connectivity index (χ0) is 22.1. The van der Waals surface area contributed by atoms with Gasteiger partial charge < -0.3 is 14.8 Å². The minimum atomic E-state index is -0.605. The summed E-state index contributed by atoms with van der Waals surface area (Å²) in [4.78, 5) is 24.3. The number of benzene rings is 2. The number of amides is 1. The largest absolute Gasteiger partial charge is 0.463 e. The fourth-order valence-corrected chi connectivity index (χ4v) is 2.94. The molecule has 2 aromatic rings. The predicted molar refractivity (Wildman–Crippen MR) is 119 cm³/mol. The number of hydrogen-bond acceptors (Lipinski definition) is 4. The highest BCUT2D eigenvalue weighted by atomic mass is 16.6. The molecular formula is C25H31NO4. The Morgan fingerprint density at radius 1 is 1.00 bits per heavy atom. The molecule has 0 heterocycles. The van der Waals surface area contributed by atoms with E-state index < -0.39 is 23.7 Å². The van der Waals surface area contributed by atoms with Gasteiger partial charge in [0.15, 0.2) is 0 Å². The molecule has 0 aliphatic heterocycles. The summed E-state index contributed by atoms with van der Waals surface area (Å²) < 4.78 is 10.4. The first-order valence-electron chi connectivity index (χ1n) is 10.2. The van der Waals surface area contributed by atoms with E-state index in [4.69, 9.17) is 9.47 Å². The van der Waals surface area contributed by atoms with Crippen LogP contribution in [0.1, 0.15) is 40.2 Å². The van der Waals surface area contributed by atoms with E-state index in [-0.39, 0.29) is 0 Å². The van der Waals surface area contributed by atoms with Gasteiger partial charge in [0.25, 0.3) is 0 Å². The van der Waals surface area contributed by atoms with Gasteiger partial charge in [-0.3, -0.25) is 0 Å². The highest BCUT2D eigenvalue weighted by molar-refractivity contribution is 5.88. The fourth-order valence-electron chi connectivity index (χ4n) is 2.94. The van der Waals surface area contributed by atoms with Gasteiger partial charge in [-0.15, -0.1) is 0 Å². The van der Waals surface area contributed by atoms with Crippen molar-refractivity contribution in [2.24, 2.45) is 0 Å². The van der Waals surface area contributed by atoms with Crippen LogP contribution in [-0.4, -0.2) is 30.3 Å². The van der Waals surface area contributed by atoms with E-state index in [9.17, 15) is 9.59 Å². The van der Waals surface area contributed by atoms with Crippen molar-refractivity contribution in [3.05, 3.63) is 71.8 Å². The molecule has 5 nitrogen and oxygen atoms in total. The van der Waals surface area contributed by atoms with E-state index in [1.54, 1.807) is 19.9 Å². The van der Waals surface area contributed by atoms with Crippen LogP contribution in [0.5, 0.6) is 0 Å². The number of ether oxygens (including phenoxy) is 2. The van der Waals surface area contributed by atoms with Crippen molar-refractivity contribution < 1.29 is 19.1 Å². The van der Waals surface area contributed by atoms with Gasteiger partial charge in [0.1, 0.15) is 5.60 Å². The molecule has 0 radical (unpaired) electrons. The molecule has 0 saturated heterocycles. The molecular weight excluding hydrogens is 378 g/mol. The molecule has 1 atom stereocenters. The lowest BCUT2D eigenvalue weighted by molar-refractivity contribution is -0.138. The van der Waals surface area contributed by atoms with E-state index in [0.717, 1.165) is 16.7 Å². The maximum atomic E-state index is 12.3. The minimum Gasteiger partial charge on any atom is -0.463 e. The van der Waals surface area contributed by atoms with Crippen molar-refractivity contribution >= 4 is 12.1 Å². The topological polar surface area (TPSA) is 64.6 Å². The maximum absolute atomic E-state index is 12.3. The summed E-state index contributed by atoms with van der Waals surface area (Å²) in [6.45, 7) is 9.17. The monoisotopic (exact) mass is 409 g/mol. The van der Waals surface area contributed by atoms with Gasteiger partial charge in [-0.2, -0.15) is 0 Å². The highest BCUT2D eigenvalue weighted by Gasteiger charge is 2.20. The number of rotatable bonds is 7. The Hall–Kier alpha value is -3.08. The standard InChI is InChI=1S/C25H31NO4/c1-6-29-23(27)18(2)16-22(26-24(28)30-25(3,4)5)17-19-12-14-21(15-13-19)20-10-8-7-9-11-20/h7-16,22H,6,17H2,1-5H3,(H,26,28)/b18-16-/t22-/m0/s1. The predicted octanol–water partition coefficient (Wildman–Crippen LogP) is 5.30. The molecule has 1 amide bonds. The lowest BCUT2D eigenvalue weighted by Gasteiger charge is -2.23. The van der Waals surface area contributed by atoms with Crippen LogP contribution in [0.25, 0.3) is 11.1 Å². The van der Waals surface area contributed by atoms with Crippen molar-refractivity contribution in [2.45, 2.75) is 52.7 Å². The summed E-state index contributed by atoms with van der Waals surface area (Å²) >= 11 is 0. The fraction of sp³-hybridized carbons (Fsp3) is 0.360.